The van der Waals surface area contributed by atoms with Crippen molar-refractivity contribution in [3.8, 4) is 0 Å². The van der Waals surface area contributed by atoms with E-state index in [2.05, 4.69) is 90.5 Å². The molecule has 1 saturated heterocycles. The number of fused-ring (bicyclic) bond motifs is 4. The van der Waals surface area contributed by atoms with Gasteiger partial charge in [0.25, 0.3) is 5.56 Å². The molecule has 1 aromatic heterocycles. The highest BCUT2D eigenvalue weighted by Gasteiger charge is 2.46. The van der Waals surface area contributed by atoms with Crippen LogP contribution in [-0.2, 0) is 12.8 Å². The predicted octanol–water partition coefficient (Wildman–Crippen LogP) is 5.88. The first-order valence-corrected chi connectivity index (χ1v) is 13.9. The molecular weight excluding hydrogens is 468 g/mol. The van der Waals surface area contributed by atoms with Gasteiger partial charge < -0.3 is 10.6 Å². The Morgan fingerprint density at radius 1 is 1.05 bits per heavy atom. The monoisotopic (exact) mass is 502 g/mol. The van der Waals surface area contributed by atoms with Crippen LogP contribution in [0.2, 0.25) is 0 Å². The maximum atomic E-state index is 13.4. The number of nitrogens with one attached hydrogen (secondary N) is 1. The number of anilines is 1. The van der Waals surface area contributed by atoms with E-state index in [-0.39, 0.29) is 17.0 Å². The molecule has 7 rings (SSSR count). The lowest BCUT2D eigenvalue weighted by Crippen LogP contribution is -2.45. The van der Waals surface area contributed by atoms with Gasteiger partial charge in [0.2, 0.25) is 5.95 Å². The highest BCUT2D eigenvalue weighted by atomic mass is 16.1. The van der Waals surface area contributed by atoms with Crippen molar-refractivity contribution in [3.05, 3.63) is 111 Å². The van der Waals surface area contributed by atoms with E-state index in [4.69, 9.17) is 10.7 Å². The number of aromatic nitrogens is 2. The van der Waals surface area contributed by atoms with Crippen molar-refractivity contribution < 1.29 is 0 Å². The minimum absolute atomic E-state index is 0.0413. The molecule has 3 aliphatic rings. The molecule has 1 spiro atoms. The summed E-state index contributed by atoms with van der Waals surface area (Å²) in [7, 11) is 0. The molecule has 5 heteroatoms. The van der Waals surface area contributed by atoms with Gasteiger partial charge in [0, 0.05) is 25.6 Å². The van der Waals surface area contributed by atoms with Crippen molar-refractivity contribution in [2.45, 2.75) is 51.5 Å². The quantitative estimate of drug-likeness (QED) is 0.367. The average Bonchev–Trinajstić information content (AvgIpc) is 3.49. The maximum Gasteiger partial charge on any atom is 0.260 e. The number of piperidine rings is 1. The van der Waals surface area contributed by atoms with Crippen LogP contribution in [0.3, 0.4) is 0 Å². The van der Waals surface area contributed by atoms with Gasteiger partial charge in [-0.2, -0.15) is 0 Å². The van der Waals surface area contributed by atoms with Gasteiger partial charge in [-0.15, -0.1) is 0 Å². The van der Waals surface area contributed by atoms with E-state index >= 15 is 0 Å². The first kappa shape index (κ1) is 23.4. The number of nitrogens with two attached hydrogens (primary N) is 1. The lowest BCUT2D eigenvalue weighted by atomic mass is 9.73. The summed E-state index contributed by atoms with van der Waals surface area (Å²) < 4.78 is 0. The maximum absolute atomic E-state index is 13.4. The standard InChI is InChI=1S/C33H34N4O/c1-20(2)22-7-5-8-23(18-22)25-12-13-28-29(25)31(38)36-32(35-28)37-16-14-33(15-17-37)19-27-24-9-4-3-6-21(24)10-11-26(27)30(33)34/h3-12,18,20,30H,13-17,19,34H2,1-2H3,(H,35,36,38)/t30-/m1/s1. The Morgan fingerprint density at radius 2 is 1.87 bits per heavy atom. The number of allylic oxidation sites excluding steroid dienone is 1. The van der Waals surface area contributed by atoms with Crippen molar-refractivity contribution in [3.63, 3.8) is 0 Å². The molecule has 1 fully saturated rings. The molecule has 0 amide bonds. The van der Waals surface area contributed by atoms with Crippen LogP contribution in [-0.4, -0.2) is 23.1 Å². The van der Waals surface area contributed by atoms with E-state index in [0.29, 0.717) is 18.3 Å². The minimum atomic E-state index is -0.0413. The fourth-order valence-electron chi connectivity index (χ4n) is 7.00. The van der Waals surface area contributed by atoms with Crippen LogP contribution in [0, 0.1) is 5.41 Å². The van der Waals surface area contributed by atoms with Gasteiger partial charge in [-0.1, -0.05) is 80.6 Å². The number of benzene rings is 3. The van der Waals surface area contributed by atoms with Crippen LogP contribution in [0.25, 0.3) is 16.3 Å². The molecule has 0 bridgehead atoms. The van der Waals surface area contributed by atoms with Crippen LogP contribution in [0.15, 0.2) is 71.5 Å². The molecule has 0 radical (unpaired) electrons. The lowest BCUT2D eigenvalue weighted by Gasteiger charge is -2.42. The summed E-state index contributed by atoms with van der Waals surface area (Å²) in [5.41, 5.74) is 14.7. The second kappa shape index (κ2) is 8.67. The smallest absolute Gasteiger partial charge is 0.260 e. The summed E-state index contributed by atoms with van der Waals surface area (Å²) in [6.07, 6.45) is 5.85. The van der Waals surface area contributed by atoms with Gasteiger partial charge in [0.05, 0.1) is 11.3 Å². The first-order chi connectivity index (χ1) is 18.4. The Morgan fingerprint density at radius 3 is 2.68 bits per heavy atom. The molecule has 0 unspecified atom stereocenters. The normalized spacial score (nSPS) is 19.7. The summed E-state index contributed by atoms with van der Waals surface area (Å²) in [5, 5.41) is 2.63. The molecule has 3 aromatic carbocycles. The number of hydrogen-bond donors (Lipinski definition) is 2. The summed E-state index contributed by atoms with van der Waals surface area (Å²) in [6.45, 7) is 6.08. The highest BCUT2D eigenvalue weighted by Crippen LogP contribution is 2.52. The average molecular weight is 503 g/mol. The molecule has 0 saturated carbocycles. The molecule has 1 aliphatic heterocycles. The Labute approximate surface area is 223 Å². The summed E-state index contributed by atoms with van der Waals surface area (Å²) in [4.78, 5) is 23.7. The summed E-state index contributed by atoms with van der Waals surface area (Å²) in [6, 6.07) is 21.7. The van der Waals surface area contributed by atoms with Crippen molar-refractivity contribution in [1.29, 1.82) is 0 Å². The zero-order valence-corrected chi connectivity index (χ0v) is 22.1. The van der Waals surface area contributed by atoms with E-state index in [1.807, 2.05) is 0 Å². The fourth-order valence-corrected chi connectivity index (χ4v) is 7.00. The molecule has 2 aliphatic carbocycles. The number of aromatic amines is 1. The molecule has 4 aromatic rings. The largest absolute Gasteiger partial charge is 0.342 e. The van der Waals surface area contributed by atoms with Crippen LogP contribution < -0.4 is 16.2 Å². The fraction of sp³-hybridized carbons (Fsp3) is 0.333. The van der Waals surface area contributed by atoms with Crippen LogP contribution >= 0.6 is 0 Å². The SMILES string of the molecule is CC(C)c1cccc(C2=CCc3nc(N4CCC5(CC4)Cc4c(ccc6ccccc46)[C@H]5N)[nH]c(=O)c32)c1. The van der Waals surface area contributed by atoms with E-state index in [0.717, 1.165) is 54.7 Å². The van der Waals surface area contributed by atoms with Crippen LogP contribution in [0.4, 0.5) is 5.95 Å². The highest BCUT2D eigenvalue weighted by molar-refractivity contribution is 5.88. The van der Waals surface area contributed by atoms with E-state index in [1.165, 1.54) is 27.5 Å². The molecule has 5 nitrogen and oxygen atoms in total. The molecule has 192 valence electrons. The Kier molecular flexibility index (Phi) is 5.34. The van der Waals surface area contributed by atoms with Crippen LogP contribution in [0.5, 0.6) is 0 Å². The Hall–Kier alpha value is -3.70. The topological polar surface area (TPSA) is 75.0 Å². The number of rotatable bonds is 3. The lowest BCUT2D eigenvalue weighted by molar-refractivity contribution is 0.187. The molecule has 2 heterocycles. The van der Waals surface area contributed by atoms with E-state index in [9.17, 15) is 4.79 Å². The number of hydrogen-bond acceptors (Lipinski definition) is 4. The number of nitrogens with zero attached hydrogens (tertiary/aromatic N) is 2. The third kappa shape index (κ3) is 3.56. The van der Waals surface area contributed by atoms with Gasteiger partial charge in [0.1, 0.15) is 0 Å². The second-order valence-corrected chi connectivity index (χ2v) is 11.7. The number of H-pyrrole nitrogens is 1. The molecular formula is C33H34N4O. The third-order valence-corrected chi connectivity index (χ3v) is 9.27. The van der Waals surface area contributed by atoms with Gasteiger partial charge >= 0.3 is 0 Å². The van der Waals surface area contributed by atoms with Gasteiger partial charge in [0.15, 0.2) is 0 Å². The summed E-state index contributed by atoms with van der Waals surface area (Å²) >= 11 is 0. The van der Waals surface area contributed by atoms with Gasteiger partial charge in [-0.05, 0) is 69.2 Å². The van der Waals surface area contributed by atoms with Crippen LogP contribution in [0.1, 0.15) is 72.2 Å². The van der Waals surface area contributed by atoms with Crippen molar-refractivity contribution in [1.82, 2.24) is 9.97 Å². The second-order valence-electron chi connectivity index (χ2n) is 11.7. The Balaban J connectivity index is 1.13. The predicted molar refractivity (Wildman–Crippen MR) is 155 cm³/mol. The molecule has 38 heavy (non-hydrogen) atoms. The summed E-state index contributed by atoms with van der Waals surface area (Å²) in [5.74, 6) is 1.14. The van der Waals surface area contributed by atoms with E-state index < -0.39 is 0 Å². The van der Waals surface area contributed by atoms with Crippen molar-refractivity contribution >= 4 is 22.3 Å². The van der Waals surface area contributed by atoms with Gasteiger partial charge in [-0.3, -0.25) is 9.78 Å². The van der Waals surface area contributed by atoms with Crippen molar-refractivity contribution in [2.24, 2.45) is 11.1 Å². The minimum Gasteiger partial charge on any atom is -0.342 e. The van der Waals surface area contributed by atoms with Crippen molar-refractivity contribution in [2.75, 3.05) is 18.0 Å². The Bertz CT molecular complexity index is 1660. The zero-order chi connectivity index (χ0) is 26.0. The first-order valence-electron chi connectivity index (χ1n) is 13.9. The third-order valence-electron chi connectivity index (χ3n) is 9.27. The zero-order valence-electron chi connectivity index (χ0n) is 22.1. The van der Waals surface area contributed by atoms with Gasteiger partial charge in [-0.25, -0.2) is 4.98 Å². The molecule has 1 atom stereocenters. The van der Waals surface area contributed by atoms with E-state index in [1.54, 1.807) is 0 Å². The molecule has 3 N–H and O–H groups in total.